The second-order valence-corrected chi connectivity index (χ2v) is 29.6. The lowest BCUT2D eigenvalue weighted by molar-refractivity contribution is -0.142. The minimum absolute atomic E-state index is 0.000971. The molecular weight excluding hydrogens is 1600 g/mol. The second-order valence-electron chi connectivity index (χ2n) is 22.1. The molecule has 6 unspecified atom stereocenters. The molecule has 0 aromatic heterocycles. The molecule has 6 atom stereocenters. The molecule has 0 bridgehead atoms. The van der Waals surface area contributed by atoms with Crippen LogP contribution >= 0.6 is 0 Å². The zero-order valence-corrected chi connectivity index (χ0v) is 59.9. The van der Waals surface area contributed by atoms with Crippen LogP contribution in [0, 0.1) is 24.4 Å². The Hall–Kier alpha value is -9.06. The van der Waals surface area contributed by atoms with E-state index >= 15 is 0 Å². The molecule has 0 N–H and O–H groups in total. The SMILES string of the molecule is CC(C)(C)c1ccc(OC(=O)C2COS(=O)(=O)O2)cc1.Cc1ccccc1OC(=O)C1COS(=O)(=O)O1.O=C(Oc1ccc(C(F)(F)F)cc1)C1COS(=O)(=O)O1.O=C(Oc1ccc(F)cc1)C1COS(=O)(=O)O1.O=C(Oc1cccc(F)c1)C1COS(=O)(=O)O1.O=C(Oc1ccccc1F)C1COS(=O)(=O)O1. The lowest BCUT2D eigenvalue weighted by Gasteiger charge is -2.19. The van der Waals surface area contributed by atoms with Gasteiger partial charge in [0, 0.05) is 6.07 Å². The Labute approximate surface area is 609 Å². The van der Waals surface area contributed by atoms with Gasteiger partial charge in [-0.1, -0.05) is 69.3 Å². The van der Waals surface area contributed by atoms with Gasteiger partial charge in [0.15, 0.2) is 11.6 Å². The number of ether oxygens (including phenoxy) is 6. The van der Waals surface area contributed by atoms with Gasteiger partial charge in [0.1, 0.15) is 80.0 Å². The lowest BCUT2D eigenvalue weighted by Crippen LogP contribution is -2.28. The molecule has 588 valence electrons. The third-order valence-electron chi connectivity index (χ3n) is 12.9. The molecule has 6 heterocycles. The average molecular weight is 1660 g/mol. The van der Waals surface area contributed by atoms with E-state index in [2.05, 4.69) is 80.4 Å². The van der Waals surface area contributed by atoms with Gasteiger partial charge in [0.25, 0.3) is 0 Å². The van der Waals surface area contributed by atoms with Crippen LogP contribution in [0.25, 0.3) is 0 Å². The fourth-order valence-corrected chi connectivity index (χ4v) is 12.3. The lowest BCUT2D eigenvalue weighted by atomic mass is 9.87. The molecule has 6 aliphatic rings. The summed E-state index contributed by atoms with van der Waals surface area (Å²) in [6, 6.07) is 32.0. The van der Waals surface area contributed by atoms with Crippen molar-refractivity contribution in [3.05, 3.63) is 180 Å². The Balaban J connectivity index is 0.000000181. The molecule has 0 radical (unpaired) electrons. The molecule has 36 nitrogen and oxygen atoms in total. The molecular formula is C60H54F6O36S6. The highest BCUT2D eigenvalue weighted by molar-refractivity contribution is 7.83. The Morgan fingerprint density at radius 1 is 0.333 bits per heavy atom. The molecule has 0 amide bonds. The number of hydrogen-bond donors (Lipinski definition) is 0. The minimum atomic E-state index is -4.50. The predicted molar refractivity (Wildman–Crippen MR) is 339 cm³/mol. The van der Waals surface area contributed by atoms with E-state index in [-0.39, 0.29) is 41.6 Å². The van der Waals surface area contributed by atoms with Crippen LogP contribution in [0.2, 0.25) is 0 Å². The van der Waals surface area contributed by atoms with Crippen molar-refractivity contribution >= 4 is 98.2 Å². The number of esters is 6. The normalized spacial score (nSPS) is 22.1. The number of carbonyl (C=O) groups is 6. The van der Waals surface area contributed by atoms with Crippen molar-refractivity contribution in [2.24, 2.45) is 0 Å². The molecule has 0 saturated carbocycles. The number of carbonyl (C=O) groups excluding carboxylic acids is 6. The highest BCUT2D eigenvalue weighted by Crippen LogP contribution is 2.32. The molecule has 6 aromatic carbocycles. The number of benzene rings is 6. The quantitative estimate of drug-likeness (QED) is 0.0920. The van der Waals surface area contributed by atoms with E-state index in [0.29, 0.717) is 11.5 Å². The first-order valence-electron chi connectivity index (χ1n) is 29.6. The number of alkyl halides is 3. The molecule has 12 rings (SSSR count). The topological polar surface area (TPSA) is 473 Å². The van der Waals surface area contributed by atoms with E-state index in [0.717, 1.165) is 59.7 Å². The summed E-state index contributed by atoms with van der Waals surface area (Å²) in [5, 5.41) is 0. The molecule has 6 aliphatic heterocycles. The van der Waals surface area contributed by atoms with Crippen LogP contribution in [0.4, 0.5) is 26.3 Å². The summed E-state index contributed by atoms with van der Waals surface area (Å²) in [5.41, 5.74) is 0.960. The Kier molecular flexibility index (Phi) is 29.1. The van der Waals surface area contributed by atoms with Crippen molar-refractivity contribution in [3.8, 4) is 34.5 Å². The van der Waals surface area contributed by atoms with Crippen molar-refractivity contribution < 1.29 is 184 Å². The molecule has 0 spiro atoms. The second kappa shape index (κ2) is 36.4. The highest BCUT2D eigenvalue weighted by Gasteiger charge is 2.42. The minimum Gasteiger partial charge on any atom is -0.425 e. The average Bonchev–Trinajstić information content (AvgIpc) is 1.74. The van der Waals surface area contributed by atoms with Crippen LogP contribution < -0.4 is 28.4 Å². The summed E-state index contributed by atoms with van der Waals surface area (Å²) in [6.07, 6.45) is -12.5. The predicted octanol–water partition coefficient (Wildman–Crippen LogP) is 4.56. The summed E-state index contributed by atoms with van der Waals surface area (Å²) in [4.78, 5) is 68.9. The summed E-state index contributed by atoms with van der Waals surface area (Å²) in [6.45, 7) is 5.38. The number of hydrogen-bond acceptors (Lipinski definition) is 36. The molecule has 6 saturated heterocycles. The van der Waals surface area contributed by atoms with E-state index < -0.39 is 190 Å². The van der Waals surface area contributed by atoms with Crippen LogP contribution in [0.5, 0.6) is 34.5 Å². The maximum absolute atomic E-state index is 13.1. The van der Waals surface area contributed by atoms with Gasteiger partial charge in [-0.15, -0.1) is 0 Å². The van der Waals surface area contributed by atoms with Gasteiger partial charge in [-0.25, -0.2) is 92.1 Å². The highest BCUT2D eigenvalue weighted by atomic mass is 32.3. The van der Waals surface area contributed by atoms with Crippen LogP contribution in [0.3, 0.4) is 0 Å². The van der Waals surface area contributed by atoms with Crippen LogP contribution in [-0.4, -0.2) is 163 Å². The van der Waals surface area contributed by atoms with Crippen LogP contribution in [-0.2, 0) is 153 Å². The molecule has 108 heavy (non-hydrogen) atoms. The van der Waals surface area contributed by atoms with Crippen molar-refractivity contribution in [2.45, 2.75) is 75.9 Å². The van der Waals surface area contributed by atoms with E-state index in [1.807, 2.05) is 12.1 Å². The number of rotatable bonds is 12. The number of para-hydroxylation sites is 2. The van der Waals surface area contributed by atoms with Gasteiger partial charge in [0.05, 0.1) is 5.56 Å². The van der Waals surface area contributed by atoms with E-state index in [9.17, 15) is 106 Å². The Bertz CT molecular complexity index is 4740. The zero-order valence-electron chi connectivity index (χ0n) is 55.0. The summed E-state index contributed by atoms with van der Waals surface area (Å²) in [7, 11) is -24.7. The van der Waals surface area contributed by atoms with Crippen LogP contribution in [0.1, 0.15) is 37.5 Å². The third-order valence-corrected chi connectivity index (χ3v) is 18.3. The van der Waals surface area contributed by atoms with Crippen molar-refractivity contribution in [1.82, 2.24) is 0 Å². The van der Waals surface area contributed by atoms with Gasteiger partial charge >= 0.3 is 104 Å². The molecule has 48 heteroatoms. The fraction of sp³-hybridized carbons (Fsp3) is 0.300. The first kappa shape index (κ1) is 86.2. The van der Waals surface area contributed by atoms with Gasteiger partial charge in [0.2, 0.25) is 36.6 Å². The zero-order chi connectivity index (χ0) is 79.8. The standard InChI is InChI=1S/C13H16O6S.C10H7F3O6S.C10H10O6S.3C9H7FO6S/c1-13(2,3)9-4-6-10(7-5-9)18-12(14)11-8-17-20(15,16)19-11;11-10(12,13)6-1-3-7(4-2-6)18-9(14)8-5-17-20(15,16)19-8;1-7-4-2-3-5-8(7)15-10(11)9-6-14-17(12,13)16-9;10-6-1-3-7(4-2-6)15-9(11)8-5-14-17(12,13)16-8;10-6-2-1-3-7(4-6)15-9(11)8-5-14-17(12,13)16-8;10-6-3-1-2-4-7(6)15-9(11)8-5-14-17(12,13)16-8/h4-7,11H,8H2,1-3H3;1-4,8H,5H2;2-5,9H,6H2,1H3;3*1-4,8H,5H2. The first-order valence-corrected chi connectivity index (χ1v) is 37.6. The van der Waals surface area contributed by atoms with E-state index in [1.165, 1.54) is 48.5 Å². The van der Waals surface area contributed by atoms with Gasteiger partial charge in [-0.05, 0) is 114 Å². The summed E-state index contributed by atoms with van der Waals surface area (Å²) < 4.78 is 285. The molecule has 0 aliphatic carbocycles. The summed E-state index contributed by atoms with van der Waals surface area (Å²) in [5.74, 6) is -7.09. The Morgan fingerprint density at radius 3 is 0.917 bits per heavy atom. The monoisotopic (exact) mass is 1660 g/mol. The largest absolute Gasteiger partial charge is 0.425 e. The van der Waals surface area contributed by atoms with Gasteiger partial charge in [-0.3, -0.25) is 0 Å². The van der Waals surface area contributed by atoms with Crippen molar-refractivity contribution in [3.63, 3.8) is 0 Å². The maximum atomic E-state index is 13.1. The Morgan fingerprint density at radius 2 is 0.620 bits per heavy atom. The van der Waals surface area contributed by atoms with Gasteiger partial charge < -0.3 is 28.4 Å². The van der Waals surface area contributed by atoms with Crippen LogP contribution in [0.15, 0.2) is 146 Å². The van der Waals surface area contributed by atoms with Gasteiger partial charge in [-0.2, -0.15) is 63.7 Å². The van der Waals surface area contributed by atoms with Crippen molar-refractivity contribution in [2.75, 3.05) is 39.6 Å². The smallest absolute Gasteiger partial charge is 0.416 e. The third kappa shape index (κ3) is 27.9. The van der Waals surface area contributed by atoms with Crippen molar-refractivity contribution in [1.29, 1.82) is 0 Å². The maximum Gasteiger partial charge on any atom is 0.416 e. The molecule has 6 aromatic rings. The number of aryl methyl sites for hydroxylation is 1. The first-order chi connectivity index (χ1) is 50.2. The fourth-order valence-electron chi connectivity index (χ4n) is 7.74. The van der Waals surface area contributed by atoms with E-state index in [1.54, 1.807) is 43.3 Å². The molecule has 6 fully saturated rings. The number of halogens is 6. The van der Waals surface area contributed by atoms with E-state index in [4.69, 9.17) is 18.9 Å². The summed E-state index contributed by atoms with van der Waals surface area (Å²) >= 11 is 0.